The lowest BCUT2D eigenvalue weighted by Gasteiger charge is -2.14. The van der Waals surface area contributed by atoms with Crippen molar-refractivity contribution in [1.29, 1.82) is 0 Å². The summed E-state index contributed by atoms with van der Waals surface area (Å²) in [5.41, 5.74) is 2.42. The fraction of sp³-hybridized carbons (Fsp3) is 0.214. The Morgan fingerprint density at radius 1 is 1.20 bits per heavy atom. The van der Waals surface area contributed by atoms with Gasteiger partial charge in [0, 0.05) is 26.2 Å². The van der Waals surface area contributed by atoms with Crippen LogP contribution in [0.25, 0.3) is 0 Å². The highest BCUT2D eigenvalue weighted by Crippen LogP contribution is 2.24. The van der Waals surface area contributed by atoms with Gasteiger partial charge in [0.15, 0.2) is 5.69 Å². The van der Waals surface area contributed by atoms with E-state index >= 15 is 0 Å². The molecule has 1 aromatic carbocycles. The fourth-order valence-corrected chi connectivity index (χ4v) is 2.41. The van der Waals surface area contributed by atoms with Gasteiger partial charge in [0.05, 0.1) is 0 Å². The zero-order valence-corrected chi connectivity index (χ0v) is 10.9. The van der Waals surface area contributed by atoms with Crippen molar-refractivity contribution in [3.8, 4) is 0 Å². The lowest BCUT2D eigenvalue weighted by atomic mass is 10.1. The second-order valence-electron chi connectivity index (χ2n) is 4.77. The molecular weight excluding hydrogens is 258 g/mol. The van der Waals surface area contributed by atoms with Crippen LogP contribution in [-0.2, 0) is 20.1 Å². The van der Waals surface area contributed by atoms with Gasteiger partial charge in [-0.1, -0.05) is 24.3 Å². The number of carboxylic acid groups (broad SMARTS) is 1. The molecule has 0 saturated carbocycles. The zero-order valence-electron chi connectivity index (χ0n) is 10.9. The van der Waals surface area contributed by atoms with Crippen LogP contribution >= 0.6 is 0 Å². The average molecular weight is 271 g/mol. The van der Waals surface area contributed by atoms with E-state index in [1.807, 2.05) is 24.3 Å². The van der Waals surface area contributed by atoms with Gasteiger partial charge in [0.25, 0.3) is 5.91 Å². The minimum atomic E-state index is -1.13. The lowest BCUT2D eigenvalue weighted by molar-refractivity contribution is 0.0688. The lowest BCUT2D eigenvalue weighted by Crippen LogP contribution is -2.27. The van der Waals surface area contributed by atoms with Crippen molar-refractivity contribution in [1.82, 2.24) is 14.7 Å². The van der Waals surface area contributed by atoms with Crippen molar-refractivity contribution in [2.75, 3.05) is 0 Å². The molecular formula is C14H13N3O3. The first-order valence-electron chi connectivity index (χ1n) is 6.19. The summed E-state index contributed by atoms with van der Waals surface area (Å²) in [6, 6.07) is 9.19. The number of nitrogens with zero attached hydrogens (tertiary/aromatic N) is 3. The van der Waals surface area contributed by atoms with E-state index in [0.717, 1.165) is 11.1 Å². The van der Waals surface area contributed by atoms with E-state index in [9.17, 15) is 9.59 Å². The van der Waals surface area contributed by atoms with Crippen molar-refractivity contribution in [2.24, 2.45) is 7.05 Å². The molecule has 0 atom stereocenters. The van der Waals surface area contributed by atoms with E-state index in [0.29, 0.717) is 13.1 Å². The standard InChI is InChI=1S/C14H13N3O3/c1-16-12(6-11(15-16)14(19)20)13(18)17-7-9-4-2-3-5-10(9)8-17/h2-6H,7-8H2,1H3,(H,19,20). The summed E-state index contributed by atoms with van der Waals surface area (Å²) in [4.78, 5) is 25.0. The van der Waals surface area contributed by atoms with Crippen LogP contribution in [0.1, 0.15) is 32.1 Å². The molecule has 0 bridgehead atoms. The largest absolute Gasteiger partial charge is 0.476 e. The van der Waals surface area contributed by atoms with E-state index in [1.165, 1.54) is 10.7 Å². The van der Waals surface area contributed by atoms with E-state index in [2.05, 4.69) is 5.10 Å². The second kappa shape index (κ2) is 4.48. The predicted molar refractivity (Wildman–Crippen MR) is 70.2 cm³/mol. The minimum Gasteiger partial charge on any atom is -0.476 e. The summed E-state index contributed by atoms with van der Waals surface area (Å²) in [6.07, 6.45) is 0. The first-order valence-corrected chi connectivity index (χ1v) is 6.19. The molecule has 1 amide bonds. The number of rotatable bonds is 2. The molecule has 6 nitrogen and oxygen atoms in total. The molecule has 1 aliphatic heterocycles. The predicted octanol–water partition coefficient (Wildman–Crippen LogP) is 1.27. The van der Waals surface area contributed by atoms with Crippen LogP contribution in [0.4, 0.5) is 0 Å². The highest BCUT2D eigenvalue weighted by atomic mass is 16.4. The molecule has 3 rings (SSSR count). The van der Waals surface area contributed by atoms with Crippen molar-refractivity contribution in [2.45, 2.75) is 13.1 Å². The van der Waals surface area contributed by atoms with Crippen LogP contribution in [0.2, 0.25) is 0 Å². The summed E-state index contributed by atoms with van der Waals surface area (Å²) >= 11 is 0. The van der Waals surface area contributed by atoms with Crippen LogP contribution in [-0.4, -0.2) is 31.7 Å². The van der Waals surface area contributed by atoms with Gasteiger partial charge in [-0.05, 0) is 11.1 Å². The summed E-state index contributed by atoms with van der Waals surface area (Å²) in [5.74, 6) is -1.34. The molecule has 6 heteroatoms. The third-order valence-corrected chi connectivity index (χ3v) is 3.45. The van der Waals surface area contributed by atoms with Gasteiger partial charge in [0.1, 0.15) is 5.69 Å². The molecule has 20 heavy (non-hydrogen) atoms. The Morgan fingerprint density at radius 3 is 2.30 bits per heavy atom. The zero-order chi connectivity index (χ0) is 14.3. The second-order valence-corrected chi connectivity index (χ2v) is 4.77. The van der Waals surface area contributed by atoms with Crippen molar-refractivity contribution in [3.05, 3.63) is 52.8 Å². The van der Waals surface area contributed by atoms with Crippen molar-refractivity contribution in [3.63, 3.8) is 0 Å². The van der Waals surface area contributed by atoms with E-state index in [-0.39, 0.29) is 17.3 Å². The normalized spacial score (nSPS) is 13.3. The molecule has 2 aromatic rings. The quantitative estimate of drug-likeness (QED) is 0.892. The summed E-state index contributed by atoms with van der Waals surface area (Å²) in [6.45, 7) is 1.09. The number of aryl methyl sites for hydroxylation is 1. The van der Waals surface area contributed by atoms with Gasteiger partial charge in [-0.15, -0.1) is 0 Å². The Balaban J connectivity index is 1.86. The molecule has 0 saturated heterocycles. The molecule has 0 radical (unpaired) electrons. The number of hydrogen-bond donors (Lipinski definition) is 1. The number of hydrogen-bond acceptors (Lipinski definition) is 3. The maximum absolute atomic E-state index is 12.4. The maximum atomic E-state index is 12.4. The smallest absolute Gasteiger partial charge is 0.356 e. The monoisotopic (exact) mass is 271 g/mol. The molecule has 1 N–H and O–H groups in total. The first kappa shape index (κ1) is 12.4. The highest BCUT2D eigenvalue weighted by Gasteiger charge is 2.27. The molecule has 0 fully saturated rings. The van der Waals surface area contributed by atoms with Gasteiger partial charge >= 0.3 is 5.97 Å². The van der Waals surface area contributed by atoms with Crippen LogP contribution < -0.4 is 0 Å². The molecule has 0 unspecified atom stereocenters. The summed E-state index contributed by atoms with van der Waals surface area (Å²) < 4.78 is 1.31. The fourth-order valence-electron chi connectivity index (χ4n) is 2.41. The number of carbonyl (C=O) groups is 2. The van der Waals surface area contributed by atoms with Gasteiger partial charge in [0.2, 0.25) is 0 Å². The molecule has 1 aromatic heterocycles. The number of amides is 1. The Labute approximate surface area is 115 Å². The maximum Gasteiger partial charge on any atom is 0.356 e. The van der Waals surface area contributed by atoms with Gasteiger partial charge in [-0.2, -0.15) is 5.10 Å². The first-order chi connectivity index (χ1) is 9.56. The SMILES string of the molecule is Cn1nc(C(=O)O)cc1C(=O)N1Cc2ccccc2C1. The molecule has 0 aliphatic carbocycles. The summed E-state index contributed by atoms with van der Waals surface area (Å²) in [5, 5.41) is 12.7. The number of aromatic carboxylic acids is 1. The topological polar surface area (TPSA) is 75.4 Å². The average Bonchev–Trinajstić information content (AvgIpc) is 3.01. The van der Waals surface area contributed by atoms with Crippen LogP contribution in [0.3, 0.4) is 0 Å². The minimum absolute atomic E-state index is 0.118. The number of carbonyl (C=O) groups excluding carboxylic acids is 1. The Kier molecular flexibility index (Phi) is 2.78. The number of fused-ring (bicyclic) bond motifs is 1. The van der Waals surface area contributed by atoms with Gasteiger partial charge < -0.3 is 10.0 Å². The summed E-state index contributed by atoms with van der Waals surface area (Å²) in [7, 11) is 1.57. The Morgan fingerprint density at radius 2 is 1.80 bits per heavy atom. The molecule has 1 aliphatic rings. The molecule has 2 heterocycles. The van der Waals surface area contributed by atoms with Crippen molar-refractivity contribution >= 4 is 11.9 Å². The van der Waals surface area contributed by atoms with E-state index in [4.69, 9.17) is 5.11 Å². The van der Waals surface area contributed by atoms with Crippen LogP contribution in [0.15, 0.2) is 30.3 Å². The number of aromatic nitrogens is 2. The Bertz CT molecular complexity index is 680. The van der Waals surface area contributed by atoms with Crippen molar-refractivity contribution < 1.29 is 14.7 Å². The van der Waals surface area contributed by atoms with E-state index < -0.39 is 5.97 Å². The van der Waals surface area contributed by atoms with Gasteiger partial charge in [-0.3, -0.25) is 9.48 Å². The van der Waals surface area contributed by atoms with Gasteiger partial charge in [-0.25, -0.2) is 4.79 Å². The molecule has 0 spiro atoms. The number of carboxylic acids is 1. The highest BCUT2D eigenvalue weighted by molar-refractivity contribution is 5.95. The van der Waals surface area contributed by atoms with E-state index in [1.54, 1.807) is 11.9 Å². The van der Waals surface area contributed by atoms with Crippen LogP contribution in [0.5, 0.6) is 0 Å². The third-order valence-electron chi connectivity index (χ3n) is 3.45. The third kappa shape index (κ3) is 1.95. The Hall–Kier alpha value is -2.63. The number of benzene rings is 1. The van der Waals surface area contributed by atoms with Crippen LogP contribution in [0, 0.1) is 0 Å². The molecule has 102 valence electrons.